The number of benzene rings is 3. The van der Waals surface area contributed by atoms with Crippen LogP contribution in [0.5, 0.6) is 5.75 Å². The molecule has 0 aliphatic heterocycles. The van der Waals surface area contributed by atoms with Gasteiger partial charge in [-0.25, -0.2) is 22.4 Å². The van der Waals surface area contributed by atoms with E-state index < -0.39 is 39.5 Å². The molecule has 0 bridgehead atoms. The van der Waals surface area contributed by atoms with Gasteiger partial charge >= 0.3 is 12.1 Å². The molecule has 1 amide bonds. The molecule has 0 saturated carbocycles. The maximum Gasteiger partial charge on any atom is 0.413 e. The SMILES string of the molecule is CC(NC(=O)Oc1ccc(CN)cc1)c1cccc2c(-c3ccc(CS(C)(=O)=O)c(F)c3)c(C(=O)O)[nH]c12. The van der Waals surface area contributed by atoms with Crippen molar-refractivity contribution < 1.29 is 32.2 Å². The molecule has 1 atom stereocenters. The lowest BCUT2D eigenvalue weighted by Gasteiger charge is -2.15. The second-order valence-electron chi connectivity index (χ2n) is 8.93. The summed E-state index contributed by atoms with van der Waals surface area (Å²) in [6.45, 7) is 2.08. The Morgan fingerprint density at radius 3 is 2.45 bits per heavy atom. The van der Waals surface area contributed by atoms with E-state index in [1.807, 2.05) is 0 Å². The molecule has 4 aromatic rings. The van der Waals surface area contributed by atoms with Crippen LogP contribution >= 0.6 is 0 Å². The number of fused-ring (bicyclic) bond motifs is 1. The fourth-order valence-corrected chi connectivity index (χ4v) is 5.05. The molecule has 4 rings (SSSR count). The lowest BCUT2D eigenvalue weighted by atomic mass is 9.98. The highest BCUT2D eigenvalue weighted by Gasteiger charge is 2.23. The van der Waals surface area contributed by atoms with E-state index in [0.717, 1.165) is 17.9 Å². The first kappa shape index (κ1) is 26.8. The molecule has 1 heterocycles. The molecule has 0 fully saturated rings. The van der Waals surface area contributed by atoms with Crippen molar-refractivity contribution in [3.8, 4) is 16.9 Å². The molecule has 0 saturated heterocycles. The Morgan fingerprint density at radius 2 is 1.84 bits per heavy atom. The Kier molecular flexibility index (Phi) is 7.51. The Morgan fingerprint density at radius 1 is 1.13 bits per heavy atom. The number of carbonyl (C=O) groups excluding carboxylic acids is 1. The molecule has 11 heteroatoms. The number of para-hydroxylation sites is 1. The summed E-state index contributed by atoms with van der Waals surface area (Å²) < 4.78 is 43.3. The monoisotopic (exact) mass is 539 g/mol. The Bertz CT molecular complexity index is 1630. The number of carbonyl (C=O) groups is 2. The van der Waals surface area contributed by atoms with Crippen molar-refractivity contribution in [1.29, 1.82) is 0 Å². The average Bonchev–Trinajstić information content (AvgIpc) is 3.25. The predicted molar refractivity (Wildman–Crippen MR) is 141 cm³/mol. The molecular formula is C27H26FN3O6S. The van der Waals surface area contributed by atoms with Gasteiger partial charge in [-0.1, -0.05) is 42.5 Å². The van der Waals surface area contributed by atoms with Gasteiger partial charge in [-0.05, 0) is 41.8 Å². The zero-order valence-electron chi connectivity index (χ0n) is 20.6. The first-order valence-electron chi connectivity index (χ1n) is 11.6. The van der Waals surface area contributed by atoms with E-state index in [0.29, 0.717) is 28.8 Å². The molecule has 198 valence electrons. The molecular weight excluding hydrogens is 513 g/mol. The zero-order valence-corrected chi connectivity index (χ0v) is 21.4. The standard InChI is InChI=1S/C27H26FN3O6S/c1-15(30-27(34)37-19-10-6-16(13-29)7-11-19)20-4-3-5-21-23(25(26(32)33)31-24(20)21)17-8-9-18(22(28)12-17)14-38(2,35)36/h3-12,15,31H,13-14,29H2,1-2H3,(H,30,34)(H,32,33). The van der Waals surface area contributed by atoms with Crippen molar-refractivity contribution in [3.05, 3.63) is 88.9 Å². The van der Waals surface area contributed by atoms with E-state index in [4.69, 9.17) is 10.5 Å². The third-order valence-corrected chi connectivity index (χ3v) is 6.85. The van der Waals surface area contributed by atoms with Crippen LogP contribution in [-0.2, 0) is 22.1 Å². The maximum atomic E-state index is 14.8. The van der Waals surface area contributed by atoms with Gasteiger partial charge in [0.25, 0.3) is 0 Å². The minimum atomic E-state index is -3.46. The van der Waals surface area contributed by atoms with Gasteiger partial charge in [-0.3, -0.25) is 0 Å². The van der Waals surface area contributed by atoms with Crippen molar-refractivity contribution in [2.75, 3.05) is 6.26 Å². The van der Waals surface area contributed by atoms with Crippen molar-refractivity contribution in [1.82, 2.24) is 10.3 Å². The molecule has 0 aliphatic carbocycles. The second-order valence-corrected chi connectivity index (χ2v) is 11.1. The number of nitrogens with two attached hydrogens (primary N) is 1. The van der Waals surface area contributed by atoms with Crippen molar-refractivity contribution in [3.63, 3.8) is 0 Å². The molecule has 1 unspecified atom stereocenters. The zero-order chi connectivity index (χ0) is 27.6. The highest BCUT2D eigenvalue weighted by Crippen LogP contribution is 2.36. The second kappa shape index (κ2) is 10.6. The molecule has 0 radical (unpaired) electrons. The normalized spacial score (nSPS) is 12.3. The fourth-order valence-electron chi connectivity index (χ4n) is 4.25. The summed E-state index contributed by atoms with van der Waals surface area (Å²) in [7, 11) is -3.46. The summed E-state index contributed by atoms with van der Waals surface area (Å²) in [4.78, 5) is 27.5. The van der Waals surface area contributed by atoms with E-state index in [2.05, 4.69) is 10.3 Å². The van der Waals surface area contributed by atoms with Crippen LogP contribution in [0.25, 0.3) is 22.0 Å². The smallest absolute Gasteiger partial charge is 0.413 e. The Labute approximate surface area is 218 Å². The van der Waals surface area contributed by atoms with Crippen LogP contribution in [0.2, 0.25) is 0 Å². The van der Waals surface area contributed by atoms with Crippen LogP contribution in [0, 0.1) is 5.82 Å². The van der Waals surface area contributed by atoms with Gasteiger partial charge < -0.3 is 25.9 Å². The van der Waals surface area contributed by atoms with Gasteiger partial charge in [0.05, 0.1) is 17.3 Å². The van der Waals surface area contributed by atoms with Gasteiger partial charge in [0.15, 0.2) is 9.84 Å². The number of hydrogen-bond donors (Lipinski definition) is 4. The third-order valence-electron chi connectivity index (χ3n) is 6.01. The van der Waals surface area contributed by atoms with E-state index in [9.17, 15) is 27.5 Å². The number of sulfone groups is 1. The van der Waals surface area contributed by atoms with Crippen LogP contribution in [0.4, 0.5) is 9.18 Å². The lowest BCUT2D eigenvalue weighted by molar-refractivity contribution is 0.0692. The first-order valence-corrected chi connectivity index (χ1v) is 13.6. The molecule has 9 nitrogen and oxygen atoms in total. The van der Waals surface area contributed by atoms with Crippen LogP contribution < -0.4 is 15.8 Å². The van der Waals surface area contributed by atoms with Gasteiger partial charge in [-0.15, -0.1) is 0 Å². The van der Waals surface area contributed by atoms with E-state index in [1.165, 1.54) is 12.1 Å². The Hall–Kier alpha value is -4.22. The van der Waals surface area contributed by atoms with Gasteiger partial charge in [0.2, 0.25) is 0 Å². The third kappa shape index (κ3) is 5.84. The summed E-state index contributed by atoms with van der Waals surface area (Å²) in [6.07, 6.45) is 0.302. The number of rotatable bonds is 8. The summed E-state index contributed by atoms with van der Waals surface area (Å²) in [6, 6.07) is 15.2. The number of aromatic amines is 1. The molecule has 3 aromatic carbocycles. The topological polar surface area (TPSA) is 152 Å². The van der Waals surface area contributed by atoms with Crippen molar-refractivity contribution in [2.24, 2.45) is 5.73 Å². The minimum absolute atomic E-state index is 0.0114. The number of ether oxygens (including phenoxy) is 1. The first-order chi connectivity index (χ1) is 18.0. The van der Waals surface area contributed by atoms with Gasteiger partial charge in [0, 0.05) is 29.3 Å². The number of H-pyrrole nitrogens is 1. The number of carboxylic acids is 1. The van der Waals surface area contributed by atoms with Crippen LogP contribution in [0.1, 0.15) is 40.1 Å². The largest absolute Gasteiger partial charge is 0.477 e. The van der Waals surface area contributed by atoms with Crippen LogP contribution in [0.15, 0.2) is 60.7 Å². The highest BCUT2D eigenvalue weighted by molar-refractivity contribution is 7.89. The molecule has 0 aliphatic rings. The number of aromatic nitrogens is 1. The molecule has 5 N–H and O–H groups in total. The molecule has 1 aromatic heterocycles. The molecule has 0 spiro atoms. The Balaban J connectivity index is 1.67. The highest BCUT2D eigenvalue weighted by atomic mass is 32.2. The lowest BCUT2D eigenvalue weighted by Crippen LogP contribution is -2.29. The predicted octanol–water partition coefficient (Wildman–Crippen LogP) is 4.53. The number of amides is 1. The maximum absolute atomic E-state index is 14.8. The minimum Gasteiger partial charge on any atom is -0.477 e. The van der Waals surface area contributed by atoms with E-state index in [-0.39, 0.29) is 22.4 Å². The molecule has 38 heavy (non-hydrogen) atoms. The number of hydrogen-bond acceptors (Lipinski definition) is 6. The number of carboxylic acid groups (broad SMARTS) is 1. The quantitative estimate of drug-likeness (QED) is 0.257. The van der Waals surface area contributed by atoms with Crippen molar-refractivity contribution in [2.45, 2.75) is 25.3 Å². The van der Waals surface area contributed by atoms with Crippen LogP contribution in [0.3, 0.4) is 0 Å². The number of aromatic carboxylic acids is 1. The summed E-state index contributed by atoms with van der Waals surface area (Å²) >= 11 is 0. The van der Waals surface area contributed by atoms with Gasteiger partial charge in [-0.2, -0.15) is 0 Å². The summed E-state index contributed by atoms with van der Waals surface area (Å²) in [5.41, 5.74) is 7.83. The van der Waals surface area contributed by atoms with Gasteiger partial charge in [0.1, 0.15) is 17.3 Å². The average molecular weight is 540 g/mol. The number of halogens is 1. The van der Waals surface area contributed by atoms with Crippen molar-refractivity contribution >= 4 is 32.8 Å². The number of nitrogens with one attached hydrogen (secondary N) is 2. The van der Waals surface area contributed by atoms with E-state index in [1.54, 1.807) is 49.4 Å². The van der Waals surface area contributed by atoms with Crippen LogP contribution in [-0.4, -0.2) is 36.8 Å². The fraction of sp³-hybridized carbons (Fsp3) is 0.185. The summed E-state index contributed by atoms with van der Waals surface area (Å²) in [5, 5.41) is 13.1. The van der Waals surface area contributed by atoms with E-state index >= 15 is 0 Å². The summed E-state index contributed by atoms with van der Waals surface area (Å²) in [5.74, 6) is -2.16.